The molecule has 5 heteroatoms. The van der Waals surface area contributed by atoms with E-state index in [-0.39, 0.29) is 11.7 Å². The molecule has 1 aliphatic rings. The Morgan fingerprint density at radius 1 is 1.57 bits per heavy atom. The topological polar surface area (TPSA) is 78.4 Å². The first-order chi connectivity index (χ1) is 6.68. The van der Waals surface area contributed by atoms with Gasteiger partial charge in [0.2, 0.25) is 0 Å². The number of rotatable bonds is 1. The zero-order chi connectivity index (χ0) is 10.1. The van der Waals surface area contributed by atoms with Crippen LogP contribution in [-0.2, 0) is 11.3 Å². The summed E-state index contributed by atoms with van der Waals surface area (Å²) in [6.07, 6.45) is 0. The SMILES string of the molecule is N[C@H]1COCc2ccc([N+](=O)[O-])cc21. The van der Waals surface area contributed by atoms with Crippen molar-refractivity contribution in [2.45, 2.75) is 12.6 Å². The zero-order valence-corrected chi connectivity index (χ0v) is 7.47. The second-order valence-corrected chi connectivity index (χ2v) is 3.26. The van der Waals surface area contributed by atoms with E-state index < -0.39 is 4.92 Å². The molecule has 0 amide bonds. The summed E-state index contributed by atoms with van der Waals surface area (Å²) >= 11 is 0. The molecule has 2 N–H and O–H groups in total. The van der Waals surface area contributed by atoms with Crippen molar-refractivity contribution in [2.24, 2.45) is 5.73 Å². The maximum Gasteiger partial charge on any atom is 0.269 e. The Morgan fingerprint density at radius 3 is 3.07 bits per heavy atom. The number of hydrogen-bond donors (Lipinski definition) is 1. The van der Waals surface area contributed by atoms with E-state index in [1.807, 2.05) is 0 Å². The maximum absolute atomic E-state index is 10.5. The molecule has 0 bridgehead atoms. The molecule has 0 spiro atoms. The molecular formula is C9H10N2O3. The molecule has 0 radical (unpaired) electrons. The van der Waals surface area contributed by atoms with Gasteiger partial charge in [0, 0.05) is 12.1 Å². The van der Waals surface area contributed by atoms with Crippen molar-refractivity contribution in [3.05, 3.63) is 39.4 Å². The highest BCUT2D eigenvalue weighted by Crippen LogP contribution is 2.26. The summed E-state index contributed by atoms with van der Waals surface area (Å²) < 4.78 is 5.21. The lowest BCUT2D eigenvalue weighted by molar-refractivity contribution is -0.385. The van der Waals surface area contributed by atoms with E-state index in [1.54, 1.807) is 6.07 Å². The van der Waals surface area contributed by atoms with Crippen LogP contribution in [0.2, 0.25) is 0 Å². The molecule has 5 nitrogen and oxygen atoms in total. The summed E-state index contributed by atoms with van der Waals surface area (Å²) in [5.41, 5.74) is 7.62. The Kier molecular flexibility index (Phi) is 2.18. The largest absolute Gasteiger partial charge is 0.375 e. The van der Waals surface area contributed by atoms with Crippen molar-refractivity contribution in [2.75, 3.05) is 6.61 Å². The van der Waals surface area contributed by atoms with E-state index in [9.17, 15) is 10.1 Å². The van der Waals surface area contributed by atoms with Gasteiger partial charge in [-0.15, -0.1) is 0 Å². The molecule has 0 unspecified atom stereocenters. The van der Waals surface area contributed by atoms with Crippen molar-refractivity contribution in [3.8, 4) is 0 Å². The summed E-state index contributed by atoms with van der Waals surface area (Å²) in [6.45, 7) is 0.912. The van der Waals surface area contributed by atoms with Gasteiger partial charge in [-0.1, -0.05) is 0 Å². The summed E-state index contributed by atoms with van der Waals surface area (Å²) in [6, 6.07) is 4.45. The summed E-state index contributed by atoms with van der Waals surface area (Å²) in [4.78, 5) is 10.1. The average molecular weight is 194 g/mol. The van der Waals surface area contributed by atoms with Gasteiger partial charge in [0.1, 0.15) is 0 Å². The van der Waals surface area contributed by atoms with Gasteiger partial charge in [0.05, 0.1) is 24.2 Å². The van der Waals surface area contributed by atoms with Crippen LogP contribution in [0.5, 0.6) is 0 Å². The Hall–Kier alpha value is -1.46. The maximum atomic E-state index is 10.5. The standard InChI is InChI=1S/C9H10N2O3/c10-9-5-14-4-6-1-2-7(11(12)13)3-8(6)9/h1-3,9H,4-5,10H2/t9-/m0/s1. The quantitative estimate of drug-likeness (QED) is 0.536. The van der Waals surface area contributed by atoms with Gasteiger partial charge < -0.3 is 10.5 Å². The van der Waals surface area contributed by atoms with Gasteiger partial charge in [-0.25, -0.2) is 0 Å². The molecule has 14 heavy (non-hydrogen) atoms. The second kappa shape index (κ2) is 3.36. The molecule has 0 saturated carbocycles. The first-order valence-corrected chi connectivity index (χ1v) is 4.29. The third kappa shape index (κ3) is 1.47. The van der Waals surface area contributed by atoms with Gasteiger partial charge in [0.25, 0.3) is 5.69 Å². The Labute approximate surface area is 80.6 Å². The smallest absolute Gasteiger partial charge is 0.269 e. The van der Waals surface area contributed by atoms with Crippen molar-refractivity contribution >= 4 is 5.69 Å². The van der Waals surface area contributed by atoms with Crippen molar-refractivity contribution < 1.29 is 9.66 Å². The summed E-state index contributed by atoms with van der Waals surface area (Å²) in [5, 5.41) is 10.5. The molecule has 0 fully saturated rings. The van der Waals surface area contributed by atoms with E-state index in [0.717, 1.165) is 11.1 Å². The minimum Gasteiger partial charge on any atom is -0.375 e. The third-order valence-corrected chi connectivity index (χ3v) is 2.29. The molecule has 1 aromatic carbocycles. The van der Waals surface area contributed by atoms with Crippen LogP contribution in [0, 0.1) is 10.1 Å². The van der Waals surface area contributed by atoms with Crippen LogP contribution in [0.3, 0.4) is 0 Å². The van der Waals surface area contributed by atoms with Crippen molar-refractivity contribution in [1.29, 1.82) is 0 Å². The lowest BCUT2D eigenvalue weighted by atomic mass is 9.99. The number of hydrogen-bond acceptors (Lipinski definition) is 4. The predicted octanol–water partition coefficient (Wildman–Crippen LogP) is 1.12. The van der Waals surface area contributed by atoms with Gasteiger partial charge >= 0.3 is 0 Å². The van der Waals surface area contributed by atoms with Crippen LogP contribution in [0.15, 0.2) is 18.2 Å². The number of benzene rings is 1. The van der Waals surface area contributed by atoms with Crippen LogP contribution >= 0.6 is 0 Å². The van der Waals surface area contributed by atoms with Gasteiger partial charge in [-0.2, -0.15) is 0 Å². The predicted molar refractivity (Wildman–Crippen MR) is 49.7 cm³/mol. The average Bonchev–Trinajstić information content (AvgIpc) is 2.18. The number of nitro benzene ring substituents is 1. The second-order valence-electron chi connectivity index (χ2n) is 3.26. The van der Waals surface area contributed by atoms with Crippen LogP contribution in [0.4, 0.5) is 5.69 Å². The van der Waals surface area contributed by atoms with E-state index >= 15 is 0 Å². The minimum atomic E-state index is -0.414. The van der Waals surface area contributed by atoms with Crippen LogP contribution in [0.1, 0.15) is 17.2 Å². The molecule has 0 saturated heterocycles. The normalized spacial score (nSPS) is 20.2. The Balaban J connectivity index is 2.45. The van der Waals surface area contributed by atoms with Crippen LogP contribution < -0.4 is 5.73 Å². The fraction of sp³-hybridized carbons (Fsp3) is 0.333. The first kappa shape index (κ1) is 9.11. The Bertz CT molecular complexity index is 378. The molecule has 0 aromatic heterocycles. The summed E-state index contributed by atoms with van der Waals surface area (Å²) in [7, 11) is 0. The lowest BCUT2D eigenvalue weighted by Gasteiger charge is -2.21. The Morgan fingerprint density at radius 2 is 2.36 bits per heavy atom. The fourth-order valence-corrected chi connectivity index (χ4v) is 1.56. The van der Waals surface area contributed by atoms with E-state index in [0.29, 0.717) is 13.2 Å². The molecule has 1 atom stereocenters. The van der Waals surface area contributed by atoms with Gasteiger partial charge in [-0.05, 0) is 17.2 Å². The van der Waals surface area contributed by atoms with E-state index in [2.05, 4.69) is 0 Å². The fourth-order valence-electron chi connectivity index (χ4n) is 1.56. The van der Waals surface area contributed by atoms with Crippen LogP contribution in [-0.4, -0.2) is 11.5 Å². The number of fused-ring (bicyclic) bond motifs is 1. The molecule has 1 heterocycles. The van der Waals surface area contributed by atoms with Crippen LogP contribution in [0.25, 0.3) is 0 Å². The third-order valence-electron chi connectivity index (χ3n) is 2.29. The van der Waals surface area contributed by atoms with Gasteiger partial charge in [-0.3, -0.25) is 10.1 Å². The zero-order valence-electron chi connectivity index (χ0n) is 7.47. The molecule has 0 aliphatic carbocycles. The van der Waals surface area contributed by atoms with E-state index in [1.165, 1.54) is 12.1 Å². The monoisotopic (exact) mass is 194 g/mol. The number of ether oxygens (including phenoxy) is 1. The number of nitrogens with two attached hydrogens (primary N) is 1. The summed E-state index contributed by atoms with van der Waals surface area (Å²) in [5.74, 6) is 0. The number of non-ortho nitro benzene ring substituents is 1. The first-order valence-electron chi connectivity index (χ1n) is 4.29. The molecule has 2 rings (SSSR count). The highest BCUT2D eigenvalue weighted by Gasteiger charge is 2.19. The van der Waals surface area contributed by atoms with Crippen molar-refractivity contribution in [1.82, 2.24) is 0 Å². The molecular weight excluding hydrogens is 184 g/mol. The van der Waals surface area contributed by atoms with Crippen molar-refractivity contribution in [3.63, 3.8) is 0 Å². The number of nitro groups is 1. The van der Waals surface area contributed by atoms with Gasteiger partial charge in [0.15, 0.2) is 0 Å². The highest BCUT2D eigenvalue weighted by molar-refractivity contribution is 5.42. The highest BCUT2D eigenvalue weighted by atomic mass is 16.6. The molecule has 1 aromatic rings. The van der Waals surface area contributed by atoms with E-state index in [4.69, 9.17) is 10.5 Å². The molecule has 1 aliphatic heterocycles. The lowest BCUT2D eigenvalue weighted by Crippen LogP contribution is -2.23. The molecule has 74 valence electrons. The number of nitrogens with zero attached hydrogens (tertiary/aromatic N) is 1. The minimum absolute atomic E-state index is 0.0844.